The Morgan fingerprint density at radius 1 is 0.276 bits per heavy atom. The van der Waals surface area contributed by atoms with Crippen LogP contribution in [0.2, 0.25) is 0 Å². The molecule has 0 aliphatic carbocycles. The fraction of sp³-hybridized carbons (Fsp3) is 0.786. The molecule has 0 bridgehead atoms. The second-order valence-electron chi connectivity index (χ2n) is 22.0. The molecule has 76 heavy (non-hydrogen) atoms. The maximum absolute atomic E-state index is 12.9. The minimum absolute atomic E-state index is 0.0740. The highest BCUT2D eigenvalue weighted by atomic mass is 16.6. The van der Waals surface area contributed by atoms with Crippen LogP contribution in [0.5, 0.6) is 0 Å². The summed E-state index contributed by atoms with van der Waals surface area (Å²) in [6.45, 7) is 6.55. The molecule has 0 amide bonds. The predicted molar refractivity (Wildman–Crippen MR) is 330 cm³/mol. The van der Waals surface area contributed by atoms with Gasteiger partial charge in [0.2, 0.25) is 0 Å². The van der Waals surface area contributed by atoms with Crippen LogP contribution in [0.3, 0.4) is 0 Å². The van der Waals surface area contributed by atoms with Gasteiger partial charge in [0, 0.05) is 19.3 Å². The molecule has 1 unspecified atom stereocenters. The van der Waals surface area contributed by atoms with Crippen molar-refractivity contribution in [1.82, 2.24) is 0 Å². The van der Waals surface area contributed by atoms with E-state index < -0.39 is 6.10 Å². The van der Waals surface area contributed by atoms with Crippen LogP contribution in [-0.2, 0) is 28.6 Å². The number of carbonyl (C=O) groups is 3. The van der Waals surface area contributed by atoms with Crippen molar-refractivity contribution < 1.29 is 28.6 Å². The lowest BCUT2D eigenvalue weighted by atomic mass is 10.0. The van der Waals surface area contributed by atoms with Crippen molar-refractivity contribution in [3.63, 3.8) is 0 Å². The molecule has 0 aliphatic heterocycles. The third-order valence-electron chi connectivity index (χ3n) is 14.4. The Labute approximate surface area is 472 Å². The quantitative estimate of drug-likeness (QED) is 0.0261. The number of unbranched alkanes of at least 4 members (excludes halogenated alkanes) is 37. The van der Waals surface area contributed by atoms with Crippen molar-refractivity contribution in [3.05, 3.63) is 72.9 Å². The van der Waals surface area contributed by atoms with Crippen LogP contribution in [0, 0.1) is 0 Å². The Morgan fingerprint density at radius 3 is 0.816 bits per heavy atom. The molecule has 440 valence electrons. The molecule has 0 fully saturated rings. The SMILES string of the molecule is CC/C=C\C/C=C\C/C=C\C/C=C\C/C=C\CCCCCCCCCCCC(=O)OCC(COC(=O)CCCCCCCCCCCC)OC(=O)CCCCCCCCCCCCC/C=C\CCCCCCCCCC. The molecular weight excluding hydrogens is 937 g/mol. The lowest BCUT2D eigenvalue weighted by Gasteiger charge is -2.18. The van der Waals surface area contributed by atoms with Crippen LogP contribution >= 0.6 is 0 Å². The first-order chi connectivity index (χ1) is 37.5. The Hall–Kier alpha value is -3.15. The standard InChI is InChI=1S/C70H124O6/c1-4-7-10-13-16-19-22-24-26-28-30-32-34-35-37-38-40-42-44-46-48-51-54-57-60-63-69(72)75-66-67(65-74-68(71)62-59-56-53-50-21-18-15-12-9-6-3)76-70(73)64-61-58-55-52-49-47-45-43-41-39-36-33-31-29-27-25-23-20-17-14-11-8-5-2/h7,10,16,19,24,26,29-32,35,37,67H,4-6,8-9,11-15,17-18,20-23,25,27-28,33-34,36,38-66H2,1-3H3/b10-7-,19-16-,26-24-,31-29-,32-30-,37-35-. The summed E-state index contributed by atoms with van der Waals surface area (Å²) in [6, 6.07) is 0. The number of allylic oxidation sites excluding steroid dienone is 12. The first-order valence-electron chi connectivity index (χ1n) is 32.9. The summed E-state index contributed by atoms with van der Waals surface area (Å²) in [6.07, 6.45) is 83.5. The average molecular weight is 1060 g/mol. The van der Waals surface area contributed by atoms with Crippen LogP contribution in [0.25, 0.3) is 0 Å². The third kappa shape index (κ3) is 61.7. The van der Waals surface area contributed by atoms with Gasteiger partial charge in [-0.15, -0.1) is 0 Å². The lowest BCUT2D eigenvalue weighted by Crippen LogP contribution is -2.30. The van der Waals surface area contributed by atoms with Crippen LogP contribution < -0.4 is 0 Å². The highest BCUT2D eigenvalue weighted by molar-refractivity contribution is 5.71. The van der Waals surface area contributed by atoms with Gasteiger partial charge in [0.1, 0.15) is 13.2 Å². The average Bonchev–Trinajstić information content (AvgIpc) is 3.42. The minimum Gasteiger partial charge on any atom is -0.462 e. The molecule has 0 aromatic carbocycles. The molecular formula is C70H124O6. The van der Waals surface area contributed by atoms with Crippen molar-refractivity contribution in [2.75, 3.05) is 13.2 Å². The first kappa shape index (κ1) is 72.8. The van der Waals surface area contributed by atoms with Crippen molar-refractivity contribution in [1.29, 1.82) is 0 Å². The van der Waals surface area contributed by atoms with Crippen LogP contribution in [-0.4, -0.2) is 37.2 Å². The number of carbonyl (C=O) groups excluding carboxylic acids is 3. The summed E-state index contributed by atoms with van der Waals surface area (Å²) in [5.41, 5.74) is 0. The van der Waals surface area contributed by atoms with E-state index in [-0.39, 0.29) is 31.1 Å². The van der Waals surface area contributed by atoms with Gasteiger partial charge in [-0.3, -0.25) is 14.4 Å². The Morgan fingerprint density at radius 2 is 0.513 bits per heavy atom. The van der Waals surface area contributed by atoms with Gasteiger partial charge in [0.05, 0.1) is 0 Å². The largest absolute Gasteiger partial charge is 0.462 e. The molecule has 0 aromatic heterocycles. The molecule has 0 heterocycles. The number of hydrogen-bond donors (Lipinski definition) is 0. The zero-order valence-corrected chi connectivity index (χ0v) is 50.5. The van der Waals surface area contributed by atoms with Gasteiger partial charge in [0.15, 0.2) is 6.10 Å². The minimum atomic E-state index is -0.777. The van der Waals surface area contributed by atoms with E-state index in [1.54, 1.807) is 0 Å². The molecule has 0 saturated carbocycles. The van der Waals surface area contributed by atoms with E-state index in [4.69, 9.17) is 14.2 Å². The van der Waals surface area contributed by atoms with Crippen molar-refractivity contribution in [2.24, 2.45) is 0 Å². The molecule has 0 saturated heterocycles. The fourth-order valence-corrected chi connectivity index (χ4v) is 9.53. The maximum Gasteiger partial charge on any atom is 0.306 e. The Balaban J connectivity index is 4.23. The highest BCUT2D eigenvalue weighted by Gasteiger charge is 2.19. The van der Waals surface area contributed by atoms with Gasteiger partial charge in [-0.1, -0.05) is 299 Å². The molecule has 0 aromatic rings. The van der Waals surface area contributed by atoms with Crippen molar-refractivity contribution in [3.8, 4) is 0 Å². The number of hydrogen-bond acceptors (Lipinski definition) is 6. The van der Waals surface area contributed by atoms with E-state index in [9.17, 15) is 14.4 Å². The van der Waals surface area contributed by atoms with E-state index in [0.717, 1.165) is 96.3 Å². The number of rotatable bonds is 60. The van der Waals surface area contributed by atoms with E-state index in [1.807, 2.05) is 0 Å². The van der Waals surface area contributed by atoms with E-state index >= 15 is 0 Å². The van der Waals surface area contributed by atoms with Gasteiger partial charge in [-0.05, 0) is 89.9 Å². The highest BCUT2D eigenvalue weighted by Crippen LogP contribution is 2.17. The Bertz CT molecular complexity index is 1400. The smallest absolute Gasteiger partial charge is 0.306 e. The second-order valence-corrected chi connectivity index (χ2v) is 22.0. The van der Waals surface area contributed by atoms with Crippen LogP contribution in [0.4, 0.5) is 0 Å². The normalized spacial score (nSPS) is 12.5. The van der Waals surface area contributed by atoms with E-state index in [0.29, 0.717) is 19.3 Å². The molecule has 0 radical (unpaired) electrons. The first-order valence-corrected chi connectivity index (χ1v) is 32.9. The van der Waals surface area contributed by atoms with E-state index in [2.05, 4.69) is 93.7 Å². The molecule has 0 spiro atoms. The molecule has 0 aliphatic rings. The lowest BCUT2D eigenvalue weighted by molar-refractivity contribution is -0.167. The van der Waals surface area contributed by atoms with Crippen LogP contribution in [0.15, 0.2) is 72.9 Å². The van der Waals surface area contributed by atoms with Crippen LogP contribution in [0.1, 0.15) is 335 Å². The van der Waals surface area contributed by atoms with Gasteiger partial charge >= 0.3 is 17.9 Å². The zero-order chi connectivity index (χ0) is 55.0. The summed E-state index contributed by atoms with van der Waals surface area (Å²) < 4.78 is 16.9. The predicted octanol–water partition coefficient (Wildman–Crippen LogP) is 22.5. The number of esters is 3. The fourth-order valence-electron chi connectivity index (χ4n) is 9.53. The topological polar surface area (TPSA) is 78.9 Å². The summed E-state index contributed by atoms with van der Waals surface area (Å²) in [5, 5.41) is 0. The molecule has 0 rings (SSSR count). The third-order valence-corrected chi connectivity index (χ3v) is 14.4. The van der Waals surface area contributed by atoms with E-state index in [1.165, 1.54) is 199 Å². The Kier molecular flexibility index (Phi) is 61.7. The van der Waals surface area contributed by atoms with Crippen molar-refractivity contribution in [2.45, 2.75) is 341 Å². The van der Waals surface area contributed by atoms with Gasteiger partial charge < -0.3 is 14.2 Å². The van der Waals surface area contributed by atoms with Crippen molar-refractivity contribution >= 4 is 17.9 Å². The monoisotopic (exact) mass is 1060 g/mol. The summed E-state index contributed by atoms with van der Waals surface area (Å²) in [7, 11) is 0. The molecule has 0 N–H and O–H groups in total. The number of ether oxygens (including phenoxy) is 3. The summed E-state index contributed by atoms with van der Waals surface area (Å²) in [4.78, 5) is 38.3. The molecule has 1 atom stereocenters. The van der Waals surface area contributed by atoms with Gasteiger partial charge in [-0.2, -0.15) is 0 Å². The second kappa shape index (κ2) is 64.4. The zero-order valence-electron chi connectivity index (χ0n) is 50.5. The van der Waals surface area contributed by atoms with Gasteiger partial charge in [-0.25, -0.2) is 0 Å². The summed E-state index contributed by atoms with van der Waals surface area (Å²) >= 11 is 0. The molecule has 6 heteroatoms. The van der Waals surface area contributed by atoms with Gasteiger partial charge in [0.25, 0.3) is 0 Å². The summed E-state index contributed by atoms with van der Waals surface area (Å²) in [5.74, 6) is -0.867. The maximum atomic E-state index is 12.9. The molecule has 6 nitrogen and oxygen atoms in total.